The van der Waals surface area contributed by atoms with Crippen LogP contribution in [0.3, 0.4) is 0 Å². The third-order valence-corrected chi connectivity index (χ3v) is 4.30. The van der Waals surface area contributed by atoms with Gasteiger partial charge in [-0.05, 0) is 44.7 Å². The Hall–Kier alpha value is -0.870. The van der Waals surface area contributed by atoms with Crippen molar-refractivity contribution in [2.45, 2.75) is 58.5 Å². The molecule has 3 unspecified atom stereocenters. The summed E-state index contributed by atoms with van der Waals surface area (Å²) in [6, 6.07) is 3.18. The van der Waals surface area contributed by atoms with Gasteiger partial charge >= 0.3 is 0 Å². The lowest BCUT2D eigenvalue weighted by molar-refractivity contribution is 0.181. The molecule has 1 aromatic rings. The highest BCUT2D eigenvalue weighted by Crippen LogP contribution is 2.20. The first-order valence-electron chi connectivity index (χ1n) is 8.08. The molecule has 4 heteroatoms. The van der Waals surface area contributed by atoms with Crippen LogP contribution in [0.15, 0.2) is 12.3 Å². The largest absolute Gasteiger partial charge is 0.381 e. The molecule has 1 aliphatic rings. The molecule has 0 amide bonds. The van der Waals surface area contributed by atoms with E-state index >= 15 is 0 Å². The second-order valence-corrected chi connectivity index (χ2v) is 5.97. The van der Waals surface area contributed by atoms with Gasteiger partial charge in [0.1, 0.15) is 0 Å². The van der Waals surface area contributed by atoms with Crippen LogP contribution in [0.25, 0.3) is 0 Å². The summed E-state index contributed by atoms with van der Waals surface area (Å²) in [5, 5.41) is 8.33. The van der Waals surface area contributed by atoms with E-state index in [1.807, 2.05) is 0 Å². The van der Waals surface area contributed by atoms with Gasteiger partial charge in [0.15, 0.2) is 0 Å². The molecular weight excluding hydrogens is 250 g/mol. The molecule has 3 atom stereocenters. The lowest BCUT2D eigenvalue weighted by atomic mass is 9.96. The van der Waals surface area contributed by atoms with Gasteiger partial charge in [0.25, 0.3) is 0 Å². The molecule has 0 spiro atoms. The number of aromatic nitrogens is 2. The summed E-state index contributed by atoms with van der Waals surface area (Å²) in [5.74, 6) is 0.718. The van der Waals surface area contributed by atoms with Crippen molar-refractivity contribution in [3.05, 3.63) is 18.0 Å². The number of nitrogens with zero attached hydrogens (tertiary/aromatic N) is 2. The van der Waals surface area contributed by atoms with Crippen LogP contribution >= 0.6 is 0 Å². The van der Waals surface area contributed by atoms with Crippen LogP contribution in [0.2, 0.25) is 0 Å². The van der Waals surface area contributed by atoms with Crippen LogP contribution in [-0.4, -0.2) is 35.6 Å². The van der Waals surface area contributed by atoms with E-state index in [9.17, 15) is 0 Å². The molecule has 0 bridgehead atoms. The standard InChI is InChI=1S/C16H29N3O/c1-4-13(3)19-8-6-15(18-19)11-16(17-5-2)10-14-7-9-20-12-14/h6,8,13-14,16-17H,4-5,7,9-12H2,1-3H3. The van der Waals surface area contributed by atoms with Gasteiger partial charge in [0.2, 0.25) is 0 Å². The fourth-order valence-electron chi connectivity index (χ4n) is 2.87. The summed E-state index contributed by atoms with van der Waals surface area (Å²) < 4.78 is 7.58. The quantitative estimate of drug-likeness (QED) is 0.795. The zero-order valence-corrected chi connectivity index (χ0v) is 13.1. The topological polar surface area (TPSA) is 39.1 Å². The number of hydrogen-bond donors (Lipinski definition) is 1. The van der Waals surface area contributed by atoms with Crippen LogP contribution in [0.4, 0.5) is 0 Å². The van der Waals surface area contributed by atoms with Gasteiger partial charge in [-0.15, -0.1) is 0 Å². The van der Waals surface area contributed by atoms with Crippen LogP contribution in [0, 0.1) is 5.92 Å². The summed E-state index contributed by atoms with van der Waals surface area (Å²) >= 11 is 0. The Bertz CT molecular complexity index is 385. The van der Waals surface area contributed by atoms with Crippen molar-refractivity contribution in [1.82, 2.24) is 15.1 Å². The highest BCUT2D eigenvalue weighted by molar-refractivity contribution is 5.02. The Balaban J connectivity index is 1.90. The smallest absolute Gasteiger partial charge is 0.0640 e. The lowest BCUT2D eigenvalue weighted by Crippen LogP contribution is -2.33. The fourth-order valence-corrected chi connectivity index (χ4v) is 2.87. The molecule has 2 heterocycles. The second-order valence-electron chi connectivity index (χ2n) is 5.97. The maximum absolute atomic E-state index is 5.49. The molecule has 1 saturated heterocycles. The van der Waals surface area contributed by atoms with E-state index in [1.54, 1.807) is 0 Å². The van der Waals surface area contributed by atoms with Crippen molar-refractivity contribution in [2.75, 3.05) is 19.8 Å². The minimum atomic E-state index is 0.490. The zero-order chi connectivity index (χ0) is 14.4. The number of hydrogen-bond acceptors (Lipinski definition) is 3. The number of nitrogens with one attached hydrogen (secondary N) is 1. The molecule has 1 N–H and O–H groups in total. The fraction of sp³-hybridized carbons (Fsp3) is 0.812. The lowest BCUT2D eigenvalue weighted by Gasteiger charge is -2.20. The second kappa shape index (κ2) is 7.79. The van der Waals surface area contributed by atoms with E-state index in [2.05, 4.69) is 43.0 Å². The first-order valence-corrected chi connectivity index (χ1v) is 8.08. The molecule has 1 aromatic heterocycles. The van der Waals surface area contributed by atoms with E-state index in [1.165, 1.54) is 18.5 Å². The maximum atomic E-state index is 5.49. The molecule has 0 saturated carbocycles. The van der Waals surface area contributed by atoms with Crippen molar-refractivity contribution in [3.63, 3.8) is 0 Å². The van der Waals surface area contributed by atoms with E-state index in [0.29, 0.717) is 12.1 Å². The molecule has 1 aliphatic heterocycles. The highest BCUT2D eigenvalue weighted by atomic mass is 16.5. The number of likely N-dealkylation sites (N-methyl/N-ethyl adjacent to an activating group) is 1. The number of rotatable bonds is 8. The monoisotopic (exact) mass is 279 g/mol. The van der Waals surface area contributed by atoms with E-state index in [4.69, 9.17) is 9.84 Å². The average molecular weight is 279 g/mol. The molecule has 2 rings (SSSR count). The van der Waals surface area contributed by atoms with Crippen molar-refractivity contribution >= 4 is 0 Å². The van der Waals surface area contributed by atoms with Crippen molar-refractivity contribution < 1.29 is 4.74 Å². The first kappa shape index (κ1) is 15.5. The van der Waals surface area contributed by atoms with Gasteiger partial charge in [-0.25, -0.2) is 0 Å². The van der Waals surface area contributed by atoms with Crippen molar-refractivity contribution in [3.8, 4) is 0 Å². The predicted molar refractivity (Wildman–Crippen MR) is 81.9 cm³/mol. The van der Waals surface area contributed by atoms with Crippen LogP contribution in [0.5, 0.6) is 0 Å². The zero-order valence-electron chi connectivity index (χ0n) is 13.1. The summed E-state index contributed by atoms with van der Waals surface area (Å²) in [4.78, 5) is 0. The summed E-state index contributed by atoms with van der Waals surface area (Å²) in [5.41, 5.74) is 1.20. The Labute approximate surface area is 122 Å². The summed E-state index contributed by atoms with van der Waals surface area (Å²) in [6.07, 6.45) is 6.67. The van der Waals surface area contributed by atoms with Crippen LogP contribution < -0.4 is 5.32 Å². The molecule has 114 valence electrons. The molecule has 4 nitrogen and oxygen atoms in total. The van der Waals surface area contributed by atoms with Gasteiger partial charge in [0, 0.05) is 37.9 Å². The molecular formula is C16H29N3O. The molecule has 0 aromatic carbocycles. The molecule has 1 fully saturated rings. The third kappa shape index (κ3) is 4.32. The van der Waals surface area contributed by atoms with Gasteiger partial charge < -0.3 is 10.1 Å². The van der Waals surface area contributed by atoms with E-state index in [-0.39, 0.29) is 0 Å². The molecule has 0 aliphatic carbocycles. The highest BCUT2D eigenvalue weighted by Gasteiger charge is 2.21. The SMILES string of the molecule is CCNC(Cc1ccn(C(C)CC)n1)CC1CCOC1. The Morgan fingerprint density at radius 1 is 1.50 bits per heavy atom. The maximum Gasteiger partial charge on any atom is 0.0640 e. The van der Waals surface area contributed by atoms with Crippen molar-refractivity contribution in [2.24, 2.45) is 5.92 Å². The van der Waals surface area contributed by atoms with Crippen molar-refractivity contribution in [1.29, 1.82) is 0 Å². The van der Waals surface area contributed by atoms with E-state index < -0.39 is 0 Å². The van der Waals surface area contributed by atoms with Gasteiger partial charge in [-0.2, -0.15) is 5.10 Å². The van der Waals surface area contributed by atoms with Crippen LogP contribution in [0.1, 0.15) is 51.8 Å². The normalized spacial score (nSPS) is 22.1. The Morgan fingerprint density at radius 3 is 3.00 bits per heavy atom. The average Bonchev–Trinajstić information content (AvgIpc) is 3.10. The van der Waals surface area contributed by atoms with Gasteiger partial charge in [0.05, 0.1) is 5.69 Å². The summed E-state index contributed by atoms with van der Waals surface area (Å²) in [7, 11) is 0. The Morgan fingerprint density at radius 2 is 2.35 bits per heavy atom. The molecule has 20 heavy (non-hydrogen) atoms. The third-order valence-electron chi connectivity index (χ3n) is 4.30. The first-order chi connectivity index (χ1) is 9.72. The van der Waals surface area contributed by atoms with E-state index in [0.717, 1.165) is 38.5 Å². The predicted octanol–water partition coefficient (Wildman–Crippen LogP) is 2.80. The molecule has 0 radical (unpaired) electrons. The minimum absolute atomic E-state index is 0.490. The minimum Gasteiger partial charge on any atom is -0.381 e. The summed E-state index contributed by atoms with van der Waals surface area (Å²) in [6.45, 7) is 9.48. The van der Waals surface area contributed by atoms with Gasteiger partial charge in [-0.3, -0.25) is 4.68 Å². The Kier molecular flexibility index (Phi) is 6.05. The number of ether oxygens (including phenoxy) is 1. The van der Waals surface area contributed by atoms with Crippen LogP contribution in [-0.2, 0) is 11.2 Å². The van der Waals surface area contributed by atoms with Gasteiger partial charge in [-0.1, -0.05) is 13.8 Å².